The summed E-state index contributed by atoms with van der Waals surface area (Å²) >= 11 is 0. The lowest BCUT2D eigenvalue weighted by molar-refractivity contribution is -0.149. The standard InChI is InChI=1S/C31H37N3O5/c1-5-12-24-17-22(18-27(37-6-2)29(24)38-20-28(35)39-21(3)4)19-32-34-30(23-13-8-7-9-14-23)33-26-16-11-10-15-25(26)31(34)36/h5,10-11,15-19,21,23H,1,6-9,12-14,20H2,2-4H3. The van der Waals surface area contributed by atoms with E-state index in [2.05, 4.69) is 11.7 Å². The van der Waals surface area contributed by atoms with Crippen LogP contribution in [0, 0.1) is 0 Å². The molecule has 4 rings (SSSR count). The Labute approximate surface area is 229 Å². The van der Waals surface area contributed by atoms with Crippen molar-refractivity contribution in [2.45, 2.75) is 71.3 Å². The summed E-state index contributed by atoms with van der Waals surface area (Å²) in [4.78, 5) is 30.5. The first-order valence-electron chi connectivity index (χ1n) is 13.7. The lowest BCUT2D eigenvalue weighted by Crippen LogP contribution is -2.25. The maximum absolute atomic E-state index is 13.5. The number of para-hydroxylation sites is 1. The highest BCUT2D eigenvalue weighted by Crippen LogP contribution is 2.34. The Bertz CT molecular complexity index is 1400. The zero-order valence-corrected chi connectivity index (χ0v) is 23.0. The smallest absolute Gasteiger partial charge is 0.344 e. The van der Waals surface area contributed by atoms with E-state index in [1.165, 1.54) is 11.1 Å². The molecule has 8 heteroatoms. The number of hydrogen-bond acceptors (Lipinski definition) is 7. The Morgan fingerprint density at radius 1 is 1.18 bits per heavy atom. The summed E-state index contributed by atoms with van der Waals surface area (Å²) < 4.78 is 18.4. The number of fused-ring (bicyclic) bond motifs is 1. The number of rotatable bonds is 11. The molecule has 0 aliphatic heterocycles. The Hall–Kier alpha value is -3.94. The van der Waals surface area contributed by atoms with Crippen molar-refractivity contribution in [1.82, 2.24) is 9.66 Å². The number of nitrogens with zero attached hydrogens (tertiary/aromatic N) is 3. The van der Waals surface area contributed by atoms with Crippen LogP contribution in [0.3, 0.4) is 0 Å². The molecule has 0 amide bonds. The highest BCUT2D eigenvalue weighted by molar-refractivity contribution is 5.82. The molecule has 3 aromatic rings. The van der Waals surface area contributed by atoms with Gasteiger partial charge in [-0.2, -0.15) is 9.78 Å². The fraction of sp³-hybridized carbons (Fsp3) is 0.419. The summed E-state index contributed by atoms with van der Waals surface area (Å²) in [7, 11) is 0. The van der Waals surface area contributed by atoms with E-state index in [9.17, 15) is 9.59 Å². The number of hydrogen-bond donors (Lipinski definition) is 0. The van der Waals surface area contributed by atoms with Crippen LogP contribution in [0.2, 0.25) is 0 Å². The molecule has 0 spiro atoms. The number of carbonyl (C=O) groups excluding carboxylic acids is 1. The van der Waals surface area contributed by atoms with E-state index in [0.717, 1.165) is 36.8 Å². The van der Waals surface area contributed by atoms with Crippen molar-refractivity contribution in [3.05, 3.63) is 76.4 Å². The predicted molar refractivity (Wildman–Crippen MR) is 153 cm³/mol. The second-order valence-electron chi connectivity index (χ2n) is 9.94. The SMILES string of the molecule is C=CCc1cc(C=Nn2c(C3CCCCC3)nc3ccccc3c2=O)cc(OCC)c1OCC(=O)OC(C)C. The zero-order chi connectivity index (χ0) is 27.8. The molecule has 0 saturated heterocycles. The van der Waals surface area contributed by atoms with Crippen LogP contribution in [0.5, 0.6) is 11.5 Å². The lowest BCUT2D eigenvalue weighted by Gasteiger charge is -2.22. The maximum Gasteiger partial charge on any atom is 0.344 e. The molecule has 0 atom stereocenters. The van der Waals surface area contributed by atoms with Crippen molar-refractivity contribution < 1.29 is 19.0 Å². The molecule has 206 valence electrons. The van der Waals surface area contributed by atoms with E-state index in [1.54, 1.807) is 38.3 Å². The molecule has 1 aliphatic carbocycles. The van der Waals surface area contributed by atoms with E-state index in [1.807, 2.05) is 31.2 Å². The normalized spacial score (nSPS) is 14.2. The van der Waals surface area contributed by atoms with Gasteiger partial charge in [0.15, 0.2) is 18.1 Å². The van der Waals surface area contributed by atoms with Crippen LogP contribution >= 0.6 is 0 Å². The first-order valence-corrected chi connectivity index (χ1v) is 13.7. The van der Waals surface area contributed by atoms with Gasteiger partial charge in [-0.15, -0.1) is 6.58 Å². The molecule has 0 unspecified atom stereocenters. The summed E-state index contributed by atoms with van der Waals surface area (Å²) in [6, 6.07) is 11.1. The van der Waals surface area contributed by atoms with Crippen molar-refractivity contribution in [3.8, 4) is 11.5 Å². The predicted octanol–water partition coefficient (Wildman–Crippen LogP) is 5.78. The maximum atomic E-state index is 13.5. The average molecular weight is 532 g/mol. The molecular weight excluding hydrogens is 494 g/mol. The number of aromatic nitrogens is 2. The van der Waals surface area contributed by atoms with E-state index in [-0.39, 0.29) is 24.2 Å². The molecule has 8 nitrogen and oxygen atoms in total. The third-order valence-corrected chi connectivity index (χ3v) is 6.59. The number of benzene rings is 2. The third kappa shape index (κ3) is 6.93. The molecule has 39 heavy (non-hydrogen) atoms. The third-order valence-electron chi connectivity index (χ3n) is 6.59. The van der Waals surface area contributed by atoms with E-state index < -0.39 is 5.97 Å². The molecule has 1 aliphatic rings. The van der Waals surface area contributed by atoms with Gasteiger partial charge in [0.25, 0.3) is 5.56 Å². The van der Waals surface area contributed by atoms with Crippen molar-refractivity contribution in [2.24, 2.45) is 5.10 Å². The Morgan fingerprint density at radius 2 is 1.95 bits per heavy atom. The van der Waals surface area contributed by atoms with Crippen molar-refractivity contribution in [3.63, 3.8) is 0 Å². The molecule has 1 saturated carbocycles. The zero-order valence-electron chi connectivity index (χ0n) is 23.0. The van der Waals surface area contributed by atoms with Gasteiger partial charge in [-0.05, 0) is 69.9 Å². The second kappa shape index (κ2) is 13.2. The van der Waals surface area contributed by atoms with Crippen molar-refractivity contribution in [1.29, 1.82) is 0 Å². The number of ether oxygens (including phenoxy) is 3. The minimum atomic E-state index is -0.457. The highest BCUT2D eigenvalue weighted by atomic mass is 16.6. The fourth-order valence-electron chi connectivity index (χ4n) is 4.92. The molecule has 0 bridgehead atoms. The molecule has 1 fully saturated rings. The minimum Gasteiger partial charge on any atom is -0.490 e. The topological polar surface area (TPSA) is 92.0 Å². The first-order chi connectivity index (χ1) is 18.9. The van der Waals surface area contributed by atoms with Gasteiger partial charge in [-0.1, -0.05) is 37.5 Å². The van der Waals surface area contributed by atoms with Crippen LogP contribution in [-0.4, -0.2) is 41.2 Å². The Kier molecular flexibility index (Phi) is 9.52. The van der Waals surface area contributed by atoms with Gasteiger partial charge in [-0.25, -0.2) is 9.78 Å². The van der Waals surface area contributed by atoms with Crippen LogP contribution in [0.25, 0.3) is 10.9 Å². The molecule has 1 aromatic heterocycles. The lowest BCUT2D eigenvalue weighted by atomic mass is 9.88. The minimum absolute atomic E-state index is 0.183. The molecule has 0 radical (unpaired) electrons. The van der Waals surface area contributed by atoms with Gasteiger partial charge in [0.2, 0.25) is 0 Å². The van der Waals surface area contributed by atoms with Gasteiger partial charge < -0.3 is 14.2 Å². The molecule has 1 heterocycles. The van der Waals surface area contributed by atoms with Gasteiger partial charge >= 0.3 is 5.97 Å². The first kappa shape index (κ1) is 28.1. The van der Waals surface area contributed by atoms with Crippen LogP contribution < -0.4 is 15.0 Å². The number of esters is 1. The van der Waals surface area contributed by atoms with Crippen molar-refractivity contribution >= 4 is 23.1 Å². The van der Waals surface area contributed by atoms with Gasteiger partial charge in [0.05, 0.1) is 29.8 Å². The number of allylic oxidation sites excluding steroid dienone is 1. The largest absolute Gasteiger partial charge is 0.490 e. The molecule has 2 aromatic carbocycles. The van der Waals surface area contributed by atoms with Gasteiger partial charge in [-0.3, -0.25) is 4.79 Å². The van der Waals surface area contributed by atoms with Crippen LogP contribution in [0.1, 0.15) is 75.7 Å². The second-order valence-corrected chi connectivity index (χ2v) is 9.94. The summed E-state index contributed by atoms with van der Waals surface area (Å²) in [6.07, 6.45) is 9.07. The Morgan fingerprint density at radius 3 is 2.67 bits per heavy atom. The number of carbonyl (C=O) groups is 1. The Balaban J connectivity index is 1.74. The van der Waals surface area contributed by atoms with E-state index in [0.29, 0.717) is 41.3 Å². The fourth-order valence-corrected chi connectivity index (χ4v) is 4.92. The average Bonchev–Trinajstić information content (AvgIpc) is 2.92. The van der Waals surface area contributed by atoms with E-state index in [4.69, 9.17) is 19.2 Å². The summed E-state index contributed by atoms with van der Waals surface area (Å²) in [5, 5.41) is 5.20. The monoisotopic (exact) mass is 531 g/mol. The molecule has 0 N–H and O–H groups in total. The van der Waals surface area contributed by atoms with Gasteiger partial charge in [0, 0.05) is 11.5 Å². The highest BCUT2D eigenvalue weighted by Gasteiger charge is 2.22. The summed E-state index contributed by atoms with van der Waals surface area (Å²) in [6.45, 7) is 9.48. The molecular formula is C31H37N3O5. The van der Waals surface area contributed by atoms with Crippen LogP contribution in [-0.2, 0) is 16.0 Å². The summed E-state index contributed by atoms with van der Waals surface area (Å²) in [5.41, 5.74) is 2.02. The van der Waals surface area contributed by atoms with Gasteiger partial charge in [0.1, 0.15) is 5.82 Å². The summed E-state index contributed by atoms with van der Waals surface area (Å²) in [5.74, 6) is 1.37. The van der Waals surface area contributed by atoms with Crippen LogP contribution in [0.4, 0.5) is 0 Å². The van der Waals surface area contributed by atoms with Crippen LogP contribution in [0.15, 0.2) is 58.9 Å². The van der Waals surface area contributed by atoms with Crippen molar-refractivity contribution in [2.75, 3.05) is 13.2 Å². The van der Waals surface area contributed by atoms with E-state index >= 15 is 0 Å². The quantitative estimate of drug-likeness (QED) is 0.177.